The Morgan fingerprint density at radius 1 is 1.30 bits per heavy atom. The van der Waals surface area contributed by atoms with Crippen LogP contribution in [0.1, 0.15) is 25.7 Å². The van der Waals surface area contributed by atoms with E-state index >= 15 is 0 Å². The summed E-state index contributed by atoms with van der Waals surface area (Å²) < 4.78 is 0. The Bertz CT molecular complexity index is 373. The van der Waals surface area contributed by atoms with Crippen molar-refractivity contribution in [3.8, 4) is 0 Å². The van der Waals surface area contributed by atoms with Crippen LogP contribution in [-0.4, -0.2) is 63.9 Å². The van der Waals surface area contributed by atoms with Crippen molar-refractivity contribution in [1.82, 2.24) is 10.2 Å². The molecular weight excluding hydrogens is 268 g/mol. The SMILES string of the molecule is O=C(O)CCC(NC(=O)N1CCC(CCO)C1)C(=O)O. The summed E-state index contributed by atoms with van der Waals surface area (Å²) in [7, 11) is 0. The number of carbonyl (C=O) groups is 3. The van der Waals surface area contributed by atoms with Crippen molar-refractivity contribution in [3.63, 3.8) is 0 Å². The molecule has 1 aliphatic rings. The first-order valence-corrected chi connectivity index (χ1v) is 6.55. The van der Waals surface area contributed by atoms with Crippen LogP contribution >= 0.6 is 0 Å². The Morgan fingerprint density at radius 3 is 2.55 bits per heavy atom. The highest BCUT2D eigenvalue weighted by atomic mass is 16.4. The van der Waals surface area contributed by atoms with Crippen molar-refractivity contribution in [2.45, 2.75) is 31.7 Å². The number of nitrogens with zero attached hydrogens (tertiary/aromatic N) is 1. The first kappa shape index (κ1) is 16.2. The minimum atomic E-state index is -1.24. The summed E-state index contributed by atoms with van der Waals surface area (Å²) >= 11 is 0. The Hall–Kier alpha value is -1.83. The van der Waals surface area contributed by atoms with Crippen LogP contribution in [0.2, 0.25) is 0 Å². The van der Waals surface area contributed by atoms with Crippen LogP contribution in [-0.2, 0) is 9.59 Å². The van der Waals surface area contributed by atoms with Gasteiger partial charge in [-0.2, -0.15) is 0 Å². The molecule has 1 fully saturated rings. The number of hydrogen-bond donors (Lipinski definition) is 4. The van der Waals surface area contributed by atoms with Crippen molar-refractivity contribution in [1.29, 1.82) is 0 Å². The van der Waals surface area contributed by atoms with Crippen LogP contribution in [0, 0.1) is 5.92 Å². The number of aliphatic hydroxyl groups excluding tert-OH is 1. The van der Waals surface area contributed by atoms with Gasteiger partial charge in [-0.3, -0.25) is 4.79 Å². The fourth-order valence-electron chi connectivity index (χ4n) is 2.20. The van der Waals surface area contributed by atoms with E-state index in [9.17, 15) is 14.4 Å². The molecule has 4 N–H and O–H groups in total. The minimum Gasteiger partial charge on any atom is -0.481 e. The zero-order chi connectivity index (χ0) is 15.1. The summed E-state index contributed by atoms with van der Waals surface area (Å²) in [6, 6.07) is -1.70. The molecule has 114 valence electrons. The second-order valence-electron chi connectivity index (χ2n) is 4.89. The summed E-state index contributed by atoms with van der Waals surface area (Å²) in [6.45, 7) is 1.07. The van der Waals surface area contributed by atoms with Crippen LogP contribution < -0.4 is 5.32 Å². The first-order chi connectivity index (χ1) is 9.43. The van der Waals surface area contributed by atoms with E-state index in [-0.39, 0.29) is 25.4 Å². The Labute approximate surface area is 116 Å². The maximum atomic E-state index is 11.9. The van der Waals surface area contributed by atoms with E-state index in [0.717, 1.165) is 6.42 Å². The highest BCUT2D eigenvalue weighted by Crippen LogP contribution is 2.19. The normalized spacial score (nSPS) is 19.6. The lowest BCUT2D eigenvalue weighted by atomic mass is 10.1. The van der Waals surface area contributed by atoms with Crippen molar-refractivity contribution < 1.29 is 29.7 Å². The van der Waals surface area contributed by atoms with Crippen molar-refractivity contribution in [2.75, 3.05) is 19.7 Å². The van der Waals surface area contributed by atoms with Gasteiger partial charge in [0.15, 0.2) is 0 Å². The van der Waals surface area contributed by atoms with Gasteiger partial charge in [0.1, 0.15) is 6.04 Å². The molecule has 20 heavy (non-hydrogen) atoms. The molecule has 8 nitrogen and oxygen atoms in total. The van der Waals surface area contributed by atoms with E-state index < -0.39 is 24.0 Å². The second-order valence-corrected chi connectivity index (χ2v) is 4.89. The number of urea groups is 1. The van der Waals surface area contributed by atoms with Crippen LogP contribution in [0.3, 0.4) is 0 Å². The van der Waals surface area contributed by atoms with Gasteiger partial charge in [-0.25, -0.2) is 9.59 Å². The number of nitrogens with one attached hydrogen (secondary N) is 1. The average Bonchev–Trinajstić information content (AvgIpc) is 2.82. The molecule has 8 heteroatoms. The fourth-order valence-corrected chi connectivity index (χ4v) is 2.20. The number of carboxylic acids is 2. The van der Waals surface area contributed by atoms with Gasteiger partial charge in [0, 0.05) is 26.1 Å². The minimum absolute atomic E-state index is 0.0660. The number of carbonyl (C=O) groups excluding carboxylic acids is 1. The number of amides is 2. The number of aliphatic carboxylic acids is 2. The Kier molecular flexibility index (Phi) is 6.23. The third kappa shape index (κ3) is 5.04. The molecule has 0 aromatic heterocycles. The monoisotopic (exact) mass is 288 g/mol. The van der Waals surface area contributed by atoms with Gasteiger partial charge in [-0.15, -0.1) is 0 Å². The standard InChI is InChI=1S/C12H20N2O6/c15-6-4-8-3-5-14(7-8)12(20)13-9(11(18)19)1-2-10(16)17/h8-9,15H,1-7H2,(H,13,20)(H,16,17)(H,18,19). The summed E-state index contributed by atoms with van der Waals surface area (Å²) in [5.74, 6) is -2.12. The fraction of sp³-hybridized carbons (Fsp3) is 0.750. The molecule has 0 aliphatic carbocycles. The third-order valence-corrected chi connectivity index (χ3v) is 3.35. The highest BCUT2D eigenvalue weighted by molar-refractivity contribution is 5.83. The summed E-state index contributed by atoms with van der Waals surface area (Å²) in [6.07, 6.45) is 0.931. The van der Waals surface area contributed by atoms with E-state index in [1.165, 1.54) is 4.90 Å². The van der Waals surface area contributed by atoms with E-state index in [4.69, 9.17) is 15.3 Å². The van der Waals surface area contributed by atoms with E-state index in [0.29, 0.717) is 19.5 Å². The Morgan fingerprint density at radius 2 is 2.00 bits per heavy atom. The zero-order valence-electron chi connectivity index (χ0n) is 11.1. The van der Waals surface area contributed by atoms with Crippen molar-refractivity contribution >= 4 is 18.0 Å². The molecule has 1 aliphatic heterocycles. The number of likely N-dealkylation sites (tertiary alicyclic amines) is 1. The average molecular weight is 288 g/mol. The molecule has 0 aromatic carbocycles. The van der Waals surface area contributed by atoms with Gasteiger partial charge in [0.2, 0.25) is 0 Å². The number of rotatable bonds is 7. The molecule has 2 atom stereocenters. The molecule has 0 radical (unpaired) electrons. The van der Waals surface area contributed by atoms with Gasteiger partial charge in [-0.1, -0.05) is 0 Å². The Balaban J connectivity index is 2.46. The van der Waals surface area contributed by atoms with Crippen LogP contribution in [0.15, 0.2) is 0 Å². The topological polar surface area (TPSA) is 127 Å². The highest BCUT2D eigenvalue weighted by Gasteiger charge is 2.29. The predicted octanol–water partition coefficient (Wildman–Crippen LogP) is -0.282. The largest absolute Gasteiger partial charge is 0.481 e. The second kappa shape index (κ2) is 7.68. The van der Waals surface area contributed by atoms with Crippen molar-refractivity contribution in [2.24, 2.45) is 5.92 Å². The lowest BCUT2D eigenvalue weighted by molar-refractivity contribution is -0.140. The molecule has 0 saturated carbocycles. The molecule has 1 saturated heterocycles. The molecule has 2 unspecified atom stereocenters. The molecule has 0 spiro atoms. The predicted molar refractivity (Wildman–Crippen MR) is 68.2 cm³/mol. The summed E-state index contributed by atoms with van der Waals surface area (Å²) in [5, 5.41) is 28.7. The molecule has 0 aromatic rings. The van der Waals surface area contributed by atoms with Gasteiger partial charge in [0.05, 0.1) is 0 Å². The summed E-state index contributed by atoms with van der Waals surface area (Å²) in [5.41, 5.74) is 0. The number of hydrogen-bond acceptors (Lipinski definition) is 4. The van der Waals surface area contributed by atoms with E-state index in [2.05, 4.69) is 5.32 Å². The van der Waals surface area contributed by atoms with E-state index in [1.54, 1.807) is 0 Å². The van der Waals surface area contributed by atoms with Crippen LogP contribution in [0.5, 0.6) is 0 Å². The van der Waals surface area contributed by atoms with Gasteiger partial charge in [0.25, 0.3) is 0 Å². The zero-order valence-corrected chi connectivity index (χ0v) is 11.1. The molecule has 2 amide bonds. The maximum Gasteiger partial charge on any atom is 0.326 e. The van der Waals surface area contributed by atoms with Gasteiger partial charge < -0.3 is 25.5 Å². The molecule has 0 bridgehead atoms. The quantitative estimate of drug-likeness (QED) is 0.510. The van der Waals surface area contributed by atoms with Gasteiger partial charge in [-0.05, 0) is 25.2 Å². The molecular formula is C12H20N2O6. The number of carboxylic acid groups (broad SMARTS) is 2. The van der Waals surface area contributed by atoms with Gasteiger partial charge >= 0.3 is 18.0 Å². The smallest absolute Gasteiger partial charge is 0.326 e. The van der Waals surface area contributed by atoms with E-state index in [1.807, 2.05) is 0 Å². The first-order valence-electron chi connectivity index (χ1n) is 6.55. The lowest BCUT2D eigenvalue weighted by Crippen LogP contribution is -2.47. The van der Waals surface area contributed by atoms with Crippen molar-refractivity contribution in [3.05, 3.63) is 0 Å². The third-order valence-electron chi connectivity index (χ3n) is 3.35. The number of aliphatic hydroxyl groups is 1. The lowest BCUT2D eigenvalue weighted by Gasteiger charge is -2.20. The van der Waals surface area contributed by atoms with Crippen LogP contribution in [0.4, 0.5) is 4.79 Å². The molecule has 1 heterocycles. The maximum absolute atomic E-state index is 11.9. The van der Waals surface area contributed by atoms with Crippen LogP contribution in [0.25, 0.3) is 0 Å². The summed E-state index contributed by atoms with van der Waals surface area (Å²) in [4.78, 5) is 34.8. The molecule has 1 rings (SSSR count).